The number of benzene rings is 2. The van der Waals surface area contributed by atoms with Gasteiger partial charge < -0.3 is 15.8 Å². The van der Waals surface area contributed by atoms with E-state index >= 15 is 0 Å². The Bertz CT molecular complexity index is 582. The lowest BCUT2D eigenvalue weighted by atomic mass is 10.1. The van der Waals surface area contributed by atoms with Crippen molar-refractivity contribution in [3.05, 3.63) is 52.0 Å². The topological polar surface area (TPSA) is 47.3 Å². The fourth-order valence-corrected chi connectivity index (χ4v) is 2.47. The second kappa shape index (κ2) is 6.66. The number of hydrogen-bond acceptors (Lipinski definition) is 3. The minimum atomic E-state index is 0.803. The summed E-state index contributed by atoms with van der Waals surface area (Å²) in [6.07, 6.45) is 0.958. The number of ether oxygens (including phenoxy) is 1. The van der Waals surface area contributed by atoms with Gasteiger partial charge in [-0.1, -0.05) is 12.1 Å². The predicted molar refractivity (Wildman–Crippen MR) is 88.5 cm³/mol. The highest BCUT2D eigenvalue weighted by Gasteiger charge is 2.03. The van der Waals surface area contributed by atoms with Crippen LogP contribution < -0.4 is 15.8 Å². The zero-order valence-corrected chi connectivity index (χ0v) is 13.3. The maximum Gasteiger partial charge on any atom is 0.118 e. The molecule has 0 radical (unpaired) electrons. The molecule has 0 heterocycles. The first-order valence-electron chi connectivity index (χ1n) is 6.52. The van der Waals surface area contributed by atoms with E-state index in [0.29, 0.717) is 0 Å². The highest BCUT2D eigenvalue weighted by Crippen LogP contribution is 2.27. The Morgan fingerprint density at radius 3 is 2.55 bits per heavy atom. The Morgan fingerprint density at radius 1 is 1.20 bits per heavy atom. The van der Waals surface area contributed by atoms with Crippen LogP contribution in [0.2, 0.25) is 0 Å². The summed E-state index contributed by atoms with van der Waals surface area (Å²) in [5.41, 5.74) is 10.1. The average Bonchev–Trinajstić information content (AvgIpc) is 2.45. The monoisotopic (exact) mass is 334 g/mol. The molecule has 3 nitrogen and oxygen atoms in total. The third-order valence-electron chi connectivity index (χ3n) is 3.24. The van der Waals surface area contributed by atoms with Crippen molar-refractivity contribution in [2.45, 2.75) is 13.3 Å². The largest absolute Gasteiger partial charge is 0.497 e. The summed E-state index contributed by atoms with van der Waals surface area (Å²) in [6, 6.07) is 12.1. The van der Waals surface area contributed by atoms with Crippen molar-refractivity contribution in [3.8, 4) is 5.75 Å². The summed E-state index contributed by atoms with van der Waals surface area (Å²) in [5.74, 6) is 0.888. The minimum absolute atomic E-state index is 0.803. The maximum atomic E-state index is 5.87. The zero-order valence-electron chi connectivity index (χ0n) is 11.7. The Hall–Kier alpha value is -1.68. The third kappa shape index (κ3) is 3.67. The SMILES string of the molecule is COc1ccc(CCNc2cc(C)c(N)cc2Br)cc1. The predicted octanol–water partition coefficient (Wildman–Crippen LogP) is 4.00. The molecule has 106 valence electrons. The van der Waals surface area contributed by atoms with E-state index in [1.165, 1.54) is 5.56 Å². The fourth-order valence-electron chi connectivity index (χ4n) is 1.97. The van der Waals surface area contributed by atoms with Gasteiger partial charge in [0.1, 0.15) is 5.75 Å². The molecule has 0 unspecified atom stereocenters. The molecule has 2 aromatic carbocycles. The van der Waals surface area contributed by atoms with Crippen LogP contribution >= 0.6 is 15.9 Å². The van der Waals surface area contributed by atoms with Crippen molar-refractivity contribution >= 4 is 27.3 Å². The lowest BCUT2D eigenvalue weighted by molar-refractivity contribution is 0.414. The van der Waals surface area contributed by atoms with Crippen molar-refractivity contribution in [2.24, 2.45) is 0 Å². The van der Waals surface area contributed by atoms with Crippen LogP contribution in [0.4, 0.5) is 11.4 Å². The van der Waals surface area contributed by atoms with Crippen LogP contribution in [0.3, 0.4) is 0 Å². The van der Waals surface area contributed by atoms with Crippen molar-refractivity contribution in [1.29, 1.82) is 0 Å². The number of rotatable bonds is 5. The van der Waals surface area contributed by atoms with Gasteiger partial charge in [-0.05, 0) is 64.7 Å². The number of anilines is 2. The molecule has 0 spiro atoms. The first-order valence-corrected chi connectivity index (χ1v) is 7.32. The fraction of sp³-hybridized carbons (Fsp3) is 0.250. The number of halogens is 1. The van der Waals surface area contributed by atoms with Gasteiger partial charge in [-0.3, -0.25) is 0 Å². The standard InChI is InChI=1S/C16H19BrN2O/c1-11-9-16(14(17)10-15(11)18)19-8-7-12-3-5-13(20-2)6-4-12/h3-6,9-10,19H,7-8,18H2,1-2H3. The molecule has 3 N–H and O–H groups in total. The summed E-state index contributed by atoms with van der Waals surface area (Å²) in [7, 11) is 1.68. The van der Waals surface area contributed by atoms with Gasteiger partial charge in [0.25, 0.3) is 0 Å². The molecule has 4 heteroatoms. The second-order valence-electron chi connectivity index (χ2n) is 4.71. The maximum absolute atomic E-state index is 5.87. The van der Waals surface area contributed by atoms with Crippen molar-refractivity contribution in [1.82, 2.24) is 0 Å². The van der Waals surface area contributed by atoms with E-state index in [2.05, 4.69) is 39.4 Å². The number of hydrogen-bond donors (Lipinski definition) is 2. The lowest BCUT2D eigenvalue weighted by Gasteiger charge is -2.11. The minimum Gasteiger partial charge on any atom is -0.497 e. The molecule has 0 amide bonds. The molecule has 0 aliphatic carbocycles. The van der Waals surface area contributed by atoms with E-state index in [4.69, 9.17) is 10.5 Å². The van der Waals surface area contributed by atoms with E-state index in [1.807, 2.05) is 25.1 Å². The first-order chi connectivity index (χ1) is 9.60. The van der Waals surface area contributed by atoms with Gasteiger partial charge in [-0.2, -0.15) is 0 Å². The van der Waals surface area contributed by atoms with Crippen LogP contribution in [0.25, 0.3) is 0 Å². The zero-order chi connectivity index (χ0) is 14.5. The molecule has 0 aromatic heterocycles. The van der Waals surface area contributed by atoms with Gasteiger partial charge in [-0.25, -0.2) is 0 Å². The van der Waals surface area contributed by atoms with Crippen molar-refractivity contribution in [2.75, 3.05) is 24.7 Å². The molecule has 0 aliphatic rings. The molecule has 0 atom stereocenters. The highest BCUT2D eigenvalue weighted by atomic mass is 79.9. The molecule has 0 saturated carbocycles. The molecule has 0 saturated heterocycles. The van der Waals surface area contributed by atoms with Gasteiger partial charge in [0.15, 0.2) is 0 Å². The Morgan fingerprint density at radius 2 is 1.90 bits per heavy atom. The van der Waals surface area contributed by atoms with E-state index in [0.717, 1.165) is 40.1 Å². The van der Waals surface area contributed by atoms with Gasteiger partial charge in [0.05, 0.1) is 7.11 Å². The number of nitrogens with two attached hydrogens (primary N) is 1. The lowest BCUT2D eigenvalue weighted by Crippen LogP contribution is -2.06. The summed E-state index contributed by atoms with van der Waals surface area (Å²) in [5, 5.41) is 3.42. The quantitative estimate of drug-likeness (QED) is 0.812. The Kier molecular flexibility index (Phi) is 4.90. The Balaban J connectivity index is 1.94. The van der Waals surface area contributed by atoms with Gasteiger partial charge in [-0.15, -0.1) is 0 Å². The van der Waals surface area contributed by atoms with Crippen molar-refractivity contribution < 1.29 is 4.74 Å². The van der Waals surface area contributed by atoms with E-state index < -0.39 is 0 Å². The van der Waals surface area contributed by atoms with E-state index in [9.17, 15) is 0 Å². The number of aryl methyl sites for hydroxylation is 1. The summed E-state index contributed by atoms with van der Waals surface area (Å²) >= 11 is 3.53. The second-order valence-corrected chi connectivity index (χ2v) is 5.57. The Labute approximate surface area is 128 Å². The van der Waals surface area contributed by atoms with E-state index in [1.54, 1.807) is 7.11 Å². The van der Waals surface area contributed by atoms with Crippen LogP contribution in [0, 0.1) is 6.92 Å². The molecule has 0 aliphatic heterocycles. The molecule has 0 bridgehead atoms. The van der Waals surface area contributed by atoms with Crippen LogP contribution in [-0.4, -0.2) is 13.7 Å². The number of nitrogens with one attached hydrogen (secondary N) is 1. The summed E-state index contributed by atoms with van der Waals surface area (Å²) in [4.78, 5) is 0. The number of nitrogen functional groups attached to an aromatic ring is 1. The molecule has 0 fully saturated rings. The molecule has 20 heavy (non-hydrogen) atoms. The van der Waals surface area contributed by atoms with Crippen molar-refractivity contribution in [3.63, 3.8) is 0 Å². The third-order valence-corrected chi connectivity index (χ3v) is 3.90. The molecular formula is C16H19BrN2O. The highest BCUT2D eigenvalue weighted by molar-refractivity contribution is 9.10. The molecule has 2 aromatic rings. The van der Waals surface area contributed by atoms with Gasteiger partial charge in [0.2, 0.25) is 0 Å². The van der Waals surface area contributed by atoms with Crippen LogP contribution in [-0.2, 0) is 6.42 Å². The van der Waals surface area contributed by atoms with Crippen LogP contribution in [0.1, 0.15) is 11.1 Å². The van der Waals surface area contributed by atoms with Crippen LogP contribution in [0.15, 0.2) is 40.9 Å². The van der Waals surface area contributed by atoms with E-state index in [-0.39, 0.29) is 0 Å². The smallest absolute Gasteiger partial charge is 0.118 e. The van der Waals surface area contributed by atoms with Gasteiger partial charge >= 0.3 is 0 Å². The van der Waals surface area contributed by atoms with Crippen LogP contribution in [0.5, 0.6) is 5.75 Å². The average molecular weight is 335 g/mol. The first kappa shape index (κ1) is 14.7. The van der Waals surface area contributed by atoms with Gasteiger partial charge in [0, 0.05) is 22.4 Å². The number of methoxy groups -OCH3 is 1. The normalized spacial score (nSPS) is 10.3. The molecule has 2 rings (SSSR count). The molecular weight excluding hydrogens is 316 g/mol. The summed E-state index contributed by atoms with van der Waals surface area (Å²) in [6.45, 7) is 2.88. The summed E-state index contributed by atoms with van der Waals surface area (Å²) < 4.78 is 6.15.